The van der Waals surface area contributed by atoms with Crippen LogP contribution in [0.25, 0.3) is 83.9 Å². The number of phenols is 1. The molecule has 0 saturated heterocycles. The minimum atomic E-state index is -0.727. The van der Waals surface area contributed by atoms with Crippen molar-refractivity contribution in [2.45, 2.75) is 95.8 Å². The Balaban J connectivity index is 0.00000631. The van der Waals surface area contributed by atoms with Gasteiger partial charge in [-0.15, -0.1) is 29.3 Å². The molecule has 1 N–H and O–H groups in total. The average Bonchev–Trinajstić information content (AvgIpc) is 4.25. The molecule has 0 radical (unpaired) electrons. The van der Waals surface area contributed by atoms with Crippen molar-refractivity contribution in [1.82, 2.24) is 14.5 Å². The van der Waals surface area contributed by atoms with Gasteiger partial charge < -0.3 is 5.11 Å². The first-order chi connectivity index (χ1) is 36.9. The van der Waals surface area contributed by atoms with Gasteiger partial charge in [-0.1, -0.05) is 209 Å². The Morgan fingerprint density at radius 3 is 1.84 bits per heavy atom. The molecule has 0 amide bonds. The molecule has 2 aliphatic rings. The molecule has 0 aliphatic heterocycles. The SMILES string of the molecule is [2H]C1(c2ccccc2)CCC([2H])(c2ccc(-c3ccnc(-c4[c-]c(-c5cccc6c5nc(-c5cccc(-c7ccccc7)c5O)n6-c5ccc(CC6CCCC6)cc5-c5ccccc5)cc(C(C)(C)C)c4)c3)cc2)CC1.[Pt]. The van der Waals surface area contributed by atoms with Crippen molar-refractivity contribution in [2.75, 3.05) is 0 Å². The molecule has 0 spiro atoms. The van der Waals surface area contributed by atoms with Crippen molar-refractivity contribution in [3.8, 4) is 78.6 Å². The number of aromatic nitrogens is 3. The molecule has 2 heterocycles. The van der Waals surface area contributed by atoms with Crippen LogP contribution in [-0.2, 0) is 32.9 Å². The van der Waals surface area contributed by atoms with Gasteiger partial charge in [0.05, 0.1) is 22.3 Å². The summed E-state index contributed by atoms with van der Waals surface area (Å²) in [5.74, 6) is 0.161. The van der Waals surface area contributed by atoms with Gasteiger partial charge in [-0.25, -0.2) is 4.98 Å². The quantitative estimate of drug-likeness (QED) is 0.131. The molecular formula is C70H64N3OPt-. The van der Waals surface area contributed by atoms with Gasteiger partial charge in [-0.3, -0.25) is 9.55 Å². The Morgan fingerprint density at radius 2 is 1.16 bits per heavy atom. The van der Waals surface area contributed by atoms with Gasteiger partial charge >= 0.3 is 0 Å². The van der Waals surface area contributed by atoms with Crippen LogP contribution >= 0.6 is 0 Å². The number of pyridine rings is 1. The van der Waals surface area contributed by atoms with E-state index in [0.717, 1.165) is 95.6 Å². The first kappa shape index (κ1) is 47.6. The summed E-state index contributed by atoms with van der Waals surface area (Å²) in [6.07, 6.45) is 10.7. The number of nitrogens with zero attached hydrogens (tertiary/aromatic N) is 3. The monoisotopic (exact) mass is 1160 g/mol. The third-order valence-corrected chi connectivity index (χ3v) is 15.8. The van der Waals surface area contributed by atoms with Gasteiger partial charge in [0.1, 0.15) is 11.6 Å². The fraction of sp³-hybridized carbons (Fsp3) is 0.229. The molecule has 2 saturated carbocycles. The van der Waals surface area contributed by atoms with Crippen LogP contribution in [0.1, 0.15) is 109 Å². The number of hydrogen-bond donors (Lipinski definition) is 1. The molecule has 8 aromatic carbocycles. The van der Waals surface area contributed by atoms with Crippen LogP contribution in [0.2, 0.25) is 0 Å². The van der Waals surface area contributed by atoms with E-state index in [9.17, 15) is 7.85 Å². The predicted octanol–water partition coefficient (Wildman–Crippen LogP) is 18.4. The summed E-state index contributed by atoms with van der Waals surface area (Å²) in [5, 5.41) is 12.4. The summed E-state index contributed by atoms with van der Waals surface area (Å²) in [7, 11) is 0. The maximum atomic E-state index is 12.4. The summed E-state index contributed by atoms with van der Waals surface area (Å²) in [6.45, 7) is 6.74. The Morgan fingerprint density at radius 1 is 0.560 bits per heavy atom. The van der Waals surface area contributed by atoms with E-state index in [0.29, 0.717) is 43.0 Å². The van der Waals surface area contributed by atoms with E-state index >= 15 is 0 Å². The van der Waals surface area contributed by atoms with E-state index in [2.05, 4.69) is 159 Å². The summed E-state index contributed by atoms with van der Waals surface area (Å²) in [4.78, 5) is 10.6. The number of rotatable bonds is 11. The first-order valence-electron chi connectivity index (χ1n) is 27.7. The van der Waals surface area contributed by atoms with Gasteiger partial charge in [-0.05, 0) is 125 Å². The van der Waals surface area contributed by atoms with Crippen LogP contribution in [0.15, 0.2) is 200 Å². The largest absolute Gasteiger partial charge is 0.507 e. The molecule has 5 heteroatoms. The number of para-hydroxylation sites is 2. The van der Waals surface area contributed by atoms with Crippen LogP contribution in [0, 0.1) is 12.0 Å². The Labute approximate surface area is 460 Å². The molecule has 12 rings (SSSR count). The molecular weight excluding hydrogens is 1090 g/mol. The van der Waals surface area contributed by atoms with Crippen molar-refractivity contribution in [1.29, 1.82) is 0 Å². The number of fused-ring (bicyclic) bond motifs is 1. The smallest absolute Gasteiger partial charge is 0.148 e. The molecule has 2 fully saturated rings. The summed E-state index contributed by atoms with van der Waals surface area (Å²) in [5.41, 5.74) is 17.3. The molecule has 0 atom stereocenters. The van der Waals surface area contributed by atoms with Crippen molar-refractivity contribution in [3.63, 3.8) is 0 Å². The molecule has 2 aliphatic carbocycles. The Bertz CT molecular complexity index is 3700. The zero-order chi connectivity index (χ0) is 52.0. The number of benzene rings is 8. The Kier molecular flexibility index (Phi) is 13.7. The first-order valence-corrected chi connectivity index (χ1v) is 26.7. The summed E-state index contributed by atoms with van der Waals surface area (Å²) in [6, 6.07) is 71.4. The number of imidazole rings is 1. The number of phenolic OH excluding ortho intramolecular Hbond substituents is 1. The normalized spacial score (nSPS) is 18.3. The Hall–Kier alpha value is -7.13. The van der Waals surface area contributed by atoms with Crippen molar-refractivity contribution < 1.29 is 28.9 Å². The number of hydrogen-bond acceptors (Lipinski definition) is 3. The minimum Gasteiger partial charge on any atom is -0.507 e. The molecule has 4 nitrogen and oxygen atoms in total. The van der Waals surface area contributed by atoms with Crippen molar-refractivity contribution >= 4 is 11.0 Å². The molecule has 10 aromatic rings. The van der Waals surface area contributed by atoms with E-state index < -0.39 is 11.8 Å². The van der Waals surface area contributed by atoms with Gasteiger partial charge in [0.25, 0.3) is 0 Å². The van der Waals surface area contributed by atoms with Crippen molar-refractivity contribution in [3.05, 3.63) is 229 Å². The van der Waals surface area contributed by atoms with Gasteiger partial charge in [0.2, 0.25) is 0 Å². The van der Waals surface area contributed by atoms with Gasteiger partial charge in [0.15, 0.2) is 0 Å². The van der Waals surface area contributed by atoms with Gasteiger partial charge in [-0.2, -0.15) is 0 Å². The van der Waals surface area contributed by atoms with Gasteiger partial charge in [0, 0.05) is 46.8 Å². The van der Waals surface area contributed by atoms with Crippen LogP contribution in [0.5, 0.6) is 5.75 Å². The van der Waals surface area contributed by atoms with E-state index in [1.165, 1.54) is 31.2 Å². The maximum Gasteiger partial charge on any atom is 0.148 e. The molecule has 0 unspecified atom stereocenters. The third kappa shape index (κ3) is 10.4. The van der Waals surface area contributed by atoms with Crippen molar-refractivity contribution in [2.24, 2.45) is 5.92 Å². The molecule has 2 aromatic heterocycles. The molecule has 0 bridgehead atoms. The fourth-order valence-corrected chi connectivity index (χ4v) is 11.7. The van der Waals surface area contributed by atoms with Crippen LogP contribution in [0.4, 0.5) is 0 Å². The van der Waals surface area contributed by atoms with E-state index in [1.54, 1.807) is 0 Å². The standard InChI is InChI=1S/C70H64N3O.Pt/c1-70(2,3)59-44-57(43-58(45-59)64-46-56(39-40-71-64)53-36-34-52(35-37-53)51-32-30-50(31-33-51)49-19-7-4-8-20-49)60-25-16-28-66-67(60)72-69(62-27-15-26-61(68(62)74)54-21-9-5-10-22-54)73(66)65-38-29-48(41-47-17-13-14-18-47)42-63(65)55-23-11-6-12-24-55;/h4-12,15-16,19-29,34-40,42,44-47,50-51,74H,13-14,17-18,30-33,41H2,1-3H3;/q-1;/i50D,51D;. The van der Waals surface area contributed by atoms with E-state index in [4.69, 9.17) is 9.97 Å². The fourth-order valence-electron chi connectivity index (χ4n) is 11.7. The topological polar surface area (TPSA) is 50.9 Å². The molecule has 376 valence electrons. The molecule has 75 heavy (non-hydrogen) atoms. The summed E-state index contributed by atoms with van der Waals surface area (Å²) < 4.78 is 21.1. The third-order valence-electron chi connectivity index (χ3n) is 15.8. The van der Waals surface area contributed by atoms with E-state index in [1.807, 2.05) is 72.9 Å². The number of aromatic hydroxyl groups is 1. The summed E-state index contributed by atoms with van der Waals surface area (Å²) >= 11 is 0. The van der Waals surface area contributed by atoms with Crippen LogP contribution in [-0.4, -0.2) is 19.6 Å². The average molecular weight is 1160 g/mol. The van der Waals surface area contributed by atoms with E-state index in [-0.39, 0.29) is 32.2 Å². The minimum absolute atomic E-state index is 0. The van der Waals surface area contributed by atoms with Crippen LogP contribution < -0.4 is 0 Å². The maximum absolute atomic E-state index is 12.4. The second-order valence-electron chi connectivity index (χ2n) is 21.6. The zero-order valence-electron chi connectivity index (χ0n) is 45.1. The second-order valence-corrected chi connectivity index (χ2v) is 21.6. The second kappa shape index (κ2) is 21.6. The van der Waals surface area contributed by atoms with Crippen LogP contribution in [0.3, 0.4) is 0 Å². The zero-order valence-corrected chi connectivity index (χ0v) is 45.4. The predicted molar refractivity (Wildman–Crippen MR) is 307 cm³/mol.